The Bertz CT molecular complexity index is 2670. The Hall–Kier alpha value is -5.92. The molecule has 0 saturated carbocycles. The van der Waals surface area contributed by atoms with Crippen molar-refractivity contribution in [3.8, 4) is 44.9 Å². The minimum absolute atomic E-state index is 0.900. The third-order valence-electron chi connectivity index (χ3n) is 9.61. The number of hydrogen-bond donors (Lipinski definition) is 0. The number of rotatable bonds is 2. The lowest BCUT2D eigenvalue weighted by molar-refractivity contribution is 0.487. The highest BCUT2D eigenvalue weighted by Crippen LogP contribution is 2.51. The highest BCUT2D eigenvalue weighted by atomic mass is 16.5. The summed E-state index contributed by atoms with van der Waals surface area (Å²) in [5.74, 6) is 1.81. The maximum absolute atomic E-state index is 6.71. The summed E-state index contributed by atoms with van der Waals surface area (Å²) in [6, 6.07) is 57.3. The molecular weight excluding hydrogens is 544 g/mol. The largest absolute Gasteiger partial charge is 0.456 e. The molecule has 0 aromatic heterocycles. The summed E-state index contributed by atoms with van der Waals surface area (Å²) in [5.41, 5.74) is 7.22. The van der Waals surface area contributed by atoms with Crippen molar-refractivity contribution in [2.45, 2.75) is 0 Å². The van der Waals surface area contributed by atoms with Crippen LogP contribution in [-0.4, -0.2) is 0 Å². The molecule has 208 valence electrons. The van der Waals surface area contributed by atoms with Crippen LogP contribution in [0.2, 0.25) is 0 Å². The van der Waals surface area contributed by atoms with Gasteiger partial charge in [0.1, 0.15) is 11.5 Å². The van der Waals surface area contributed by atoms with Gasteiger partial charge >= 0.3 is 0 Å². The number of fused-ring (bicyclic) bond motifs is 8. The van der Waals surface area contributed by atoms with Crippen LogP contribution < -0.4 is 4.74 Å². The van der Waals surface area contributed by atoms with Gasteiger partial charge in [0.25, 0.3) is 0 Å². The van der Waals surface area contributed by atoms with E-state index in [1.54, 1.807) is 0 Å². The Morgan fingerprint density at radius 1 is 0.289 bits per heavy atom. The summed E-state index contributed by atoms with van der Waals surface area (Å²) < 4.78 is 6.71. The molecule has 9 aromatic carbocycles. The Balaban J connectivity index is 1.23. The van der Waals surface area contributed by atoms with E-state index in [1.165, 1.54) is 76.1 Å². The van der Waals surface area contributed by atoms with Crippen LogP contribution in [0.4, 0.5) is 0 Å². The quantitative estimate of drug-likeness (QED) is 0.188. The van der Waals surface area contributed by atoms with E-state index in [9.17, 15) is 0 Å². The van der Waals surface area contributed by atoms with E-state index in [4.69, 9.17) is 4.74 Å². The smallest absolute Gasteiger partial charge is 0.135 e. The first-order valence-electron chi connectivity index (χ1n) is 15.5. The van der Waals surface area contributed by atoms with Gasteiger partial charge in [0.2, 0.25) is 0 Å². The van der Waals surface area contributed by atoms with E-state index >= 15 is 0 Å². The molecule has 0 spiro atoms. The molecule has 0 N–H and O–H groups in total. The topological polar surface area (TPSA) is 9.23 Å². The van der Waals surface area contributed by atoms with Gasteiger partial charge in [-0.1, -0.05) is 121 Å². The molecule has 0 radical (unpaired) electrons. The van der Waals surface area contributed by atoms with Gasteiger partial charge in [-0.05, 0) is 113 Å². The van der Waals surface area contributed by atoms with Gasteiger partial charge in [-0.3, -0.25) is 0 Å². The van der Waals surface area contributed by atoms with Gasteiger partial charge in [-0.25, -0.2) is 0 Å². The van der Waals surface area contributed by atoms with Crippen molar-refractivity contribution in [1.82, 2.24) is 0 Å². The van der Waals surface area contributed by atoms with Gasteiger partial charge in [0.05, 0.1) is 0 Å². The molecule has 0 atom stereocenters. The van der Waals surface area contributed by atoms with Crippen LogP contribution in [-0.2, 0) is 0 Å². The lowest BCUT2D eigenvalue weighted by Crippen LogP contribution is -1.98. The van der Waals surface area contributed by atoms with Crippen LogP contribution in [0.15, 0.2) is 158 Å². The van der Waals surface area contributed by atoms with E-state index in [0.717, 1.165) is 22.6 Å². The Morgan fingerprint density at radius 2 is 0.933 bits per heavy atom. The second kappa shape index (κ2) is 9.29. The minimum Gasteiger partial charge on any atom is -0.456 e. The van der Waals surface area contributed by atoms with Crippen molar-refractivity contribution >= 4 is 53.9 Å². The summed E-state index contributed by atoms with van der Waals surface area (Å²) in [7, 11) is 0. The molecule has 9 aromatic rings. The van der Waals surface area contributed by atoms with Crippen molar-refractivity contribution in [1.29, 1.82) is 0 Å². The van der Waals surface area contributed by atoms with Crippen molar-refractivity contribution in [3.05, 3.63) is 158 Å². The monoisotopic (exact) mass is 570 g/mol. The van der Waals surface area contributed by atoms with Crippen LogP contribution in [0.1, 0.15) is 0 Å². The maximum Gasteiger partial charge on any atom is 0.135 e. The highest BCUT2D eigenvalue weighted by molar-refractivity contribution is 6.26. The van der Waals surface area contributed by atoms with Crippen LogP contribution in [0.3, 0.4) is 0 Å². The van der Waals surface area contributed by atoms with Gasteiger partial charge in [-0.15, -0.1) is 0 Å². The molecule has 0 aliphatic carbocycles. The van der Waals surface area contributed by atoms with E-state index in [-0.39, 0.29) is 0 Å². The summed E-state index contributed by atoms with van der Waals surface area (Å²) in [5, 5.41) is 12.5. The predicted molar refractivity (Wildman–Crippen MR) is 190 cm³/mol. The van der Waals surface area contributed by atoms with Gasteiger partial charge in [-0.2, -0.15) is 0 Å². The van der Waals surface area contributed by atoms with Crippen molar-refractivity contribution in [2.75, 3.05) is 0 Å². The molecule has 1 nitrogen and oxygen atoms in total. The van der Waals surface area contributed by atoms with E-state index in [1.807, 2.05) is 0 Å². The lowest BCUT2D eigenvalue weighted by Gasteiger charge is -2.24. The number of ether oxygens (including phenoxy) is 1. The Morgan fingerprint density at radius 3 is 1.84 bits per heavy atom. The fourth-order valence-electron chi connectivity index (χ4n) is 7.50. The molecule has 0 bridgehead atoms. The average molecular weight is 571 g/mol. The molecule has 1 heteroatoms. The summed E-state index contributed by atoms with van der Waals surface area (Å²) >= 11 is 0. The van der Waals surface area contributed by atoms with Crippen LogP contribution in [0.25, 0.3) is 87.2 Å². The lowest BCUT2D eigenvalue weighted by atomic mass is 9.85. The standard InChI is InChI=1S/C44H26O/c1-2-11-29-23-30(20-19-27(29)9-1)31-21-22-36-41-26-39-35-15-6-5-14-34(35)38(33-16-7-12-28-10-3-4-13-32(28)33)25-40(39)37-17-8-18-42(44(37)41)45-43(36)24-31/h1-26H. The third-order valence-corrected chi connectivity index (χ3v) is 9.61. The first-order chi connectivity index (χ1) is 22.3. The first-order valence-corrected chi connectivity index (χ1v) is 15.5. The van der Waals surface area contributed by atoms with Gasteiger partial charge in [0, 0.05) is 10.9 Å². The Labute approximate surface area is 260 Å². The molecule has 1 heterocycles. The van der Waals surface area contributed by atoms with Gasteiger partial charge < -0.3 is 4.74 Å². The van der Waals surface area contributed by atoms with Crippen molar-refractivity contribution in [3.63, 3.8) is 0 Å². The summed E-state index contributed by atoms with van der Waals surface area (Å²) in [4.78, 5) is 0. The molecule has 10 rings (SSSR count). The molecule has 0 unspecified atom stereocenters. The molecule has 1 aliphatic heterocycles. The number of benzene rings is 9. The zero-order valence-electron chi connectivity index (χ0n) is 24.4. The normalized spacial score (nSPS) is 12.2. The van der Waals surface area contributed by atoms with E-state index < -0.39 is 0 Å². The fraction of sp³-hybridized carbons (Fsp3) is 0. The van der Waals surface area contributed by atoms with Crippen LogP contribution in [0.5, 0.6) is 11.5 Å². The SMILES string of the molecule is c1ccc2cc(-c3ccc4c(c3)Oc3cccc5c3c-4cc3c4ccccc4c(-c4cccc6ccccc46)cc53)ccc2c1. The second-order valence-corrected chi connectivity index (χ2v) is 12.1. The Kier molecular flexibility index (Phi) is 5.06. The molecule has 0 saturated heterocycles. The summed E-state index contributed by atoms with van der Waals surface area (Å²) in [6.45, 7) is 0. The molecule has 0 amide bonds. The van der Waals surface area contributed by atoms with E-state index in [2.05, 4.69) is 158 Å². The predicted octanol–water partition coefficient (Wildman–Crippen LogP) is 12.6. The van der Waals surface area contributed by atoms with Crippen molar-refractivity contribution < 1.29 is 4.74 Å². The maximum atomic E-state index is 6.71. The van der Waals surface area contributed by atoms with Crippen molar-refractivity contribution in [2.24, 2.45) is 0 Å². The minimum atomic E-state index is 0.900. The summed E-state index contributed by atoms with van der Waals surface area (Å²) in [6.07, 6.45) is 0. The number of hydrogen-bond acceptors (Lipinski definition) is 1. The highest BCUT2D eigenvalue weighted by Gasteiger charge is 2.23. The average Bonchev–Trinajstić information content (AvgIpc) is 3.11. The van der Waals surface area contributed by atoms with Crippen LogP contribution >= 0.6 is 0 Å². The first kappa shape index (κ1) is 24.5. The fourth-order valence-corrected chi connectivity index (χ4v) is 7.50. The molecular formula is C44H26O. The van der Waals surface area contributed by atoms with E-state index in [0.29, 0.717) is 0 Å². The molecule has 45 heavy (non-hydrogen) atoms. The van der Waals surface area contributed by atoms with Crippen LogP contribution in [0, 0.1) is 0 Å². The molecule has 1 aliphatic rings. The third kappa shape index (κ3) is 3.62. The molecule has 0 fully saturated rings. The second-order valence-electron chi connectivity index (χ2n) is 12.1. The van der Waals surface area contributed by atoms with Gasteiger partial charge in [0.15, 0.2) is 0 Å². The zero-order valence-corrected chi connectivity index (χ0v) is 24.4. The zero-order chi connectivity index (χ0) is 29.5.